The maximum Gasteiger partial charge on any atom is 0.237 e. The van der Waals surface area contributed by atoms with Crippen LogP contribution < -0.4 is 0 Å². The molecule has 0 amide bonds. The van der Waals surface area contributed by atoms with E-state index in [0.717, 1.165) is 10.3 Å². The highest BCUT2D eigenvalue weighted by molar-refractivity contribution is 9.47. The van der Waals surface area contributed by atoms with Crippen molar-refractivity contribution < 1.29 is 4.55 Å². The van der Waals surface area contributed by atoms with Crippen molar-refractivity contribution in [2.24, 2.45) is 0 Å². The van der Waals surface area contributed by atoms with Crippen molar-refractivity contribution in [1.29, 1.82) is 0 Å². The third-order valence-electron chi connectivity index (χ3n) is 1.91. The normalized spacial score (nSPS) is 13.1. The minimum absolute atomic E-state index is 0.804. The summed E-state index contributed by atoms with van der Waals surface area (Å²) in [6.45, 7) is 0. The molecule has 1 atom stereocenters. The highest BCUT2D eigenvalue weighted by atomic mass is 79.9. The topological polar surface area (TPSA) is 23.1 Å². The Hall–Kier alpha value is -0.510. The van der Waals surface area contributed by atoms with Crippen LogP contribution in [0.3, 0.4) is 0 Å². The summed E-state index contributed by atoms with van der Waals surface area (Å²) in [4.78, 5) is 0.804. The van der Waals surface area contributed by atoms with Crippen LogP contribution >= 0.6 is 14.8 Å². The zero-order valence-corrected chi connectivity index (χ0v) is 9.14. The van der Waals surface area contributed by atoms with E-state index in [4.69, 9.17) is 0 Å². The number of halogens is 1. The van der Waals surface area contributed by atoms with Gasteiger partial charge in [-0.05, 0) is 22.9 Å². The molecule has 1 unspecified atom stereocenters. The van der Waals surface area contributed by atoms with Crippen LogP contribution in [-0.2, 0) is 9.61 Å². The van der Waals surface area contributed by atoms with E-state index >= 15 is 0 Å². The third-order valence-corrected chi connectivity index (χ3v) is 3.65. The molecule has 2 aromatic rings. The second kappa shape index (κ2) is 3.70. The zero-order chi connectivity index (χ0) is 9.26. The molecular weight excluding hydrogens is 248 g/mol. The van der Waals surface area contributed by atoms with Crippen molar-refractivity contribution in [2.45, 2.75) is 4.90 Å². The van der Waals surface area contributed by atoms with Gasteiger partial charge in [-0.3, -0.25) is 0 Å². The summed E-state index contributed by atoms with van der Waals surface area (Å²) in [5.41, 5.74) is 0. The lowest BCUT2D eigenvalue weighted by molar-refractivity contribution is 0.610. The van der Waals surface area contributed by atoms with Gasteiger partial charge in [0.05, 0.1) is 9.61 Å². The largest absolute Gasteiger partial charge is 0.601 e. The van der Waals surface area contributed by atoms with Crippen molar-refractivity contribution in [3.8, 4) is 0 Å². The molecule has 0 heterocycles. The molecule has 3 heteroatoms. The van der Waals surface area contributed by atoms with Crippen molar-refractivity contribution in [1.82, 2.24) is 0 Å². The van der Waals surface area contributed by atoms with E-state index < -0.39 is 9.61 Å². The van der Waals surface area contributed by atoms with Crippen LogP contribution in [0.1, 0.15) is 0 Å². The lowest BCUT2D eigenvalue weighted by Crippen LogP contribution is -1.88. The summed E-state index contributed by atoms with van der Waals surface area (Å²) >= 11 is 3.04. The van der Waals surface area contributed by atoms with E-state index in [9.17, 15) is 4.55 Å². The fraction of sp³-hybridized carbons (Fsp3) is 0. The SMILES string of the molecule is [O-][S+](Br)c1ccc2ccccc2c1. The predicted molar refractivity (Wildman–Crippen MR) is 59.3 cm³/mol. The summed E-state index contributed by atoms with van der Waals surface area (Å²) in [7, 11) is -1.07. The summed E-state index contributed by atoms with van der Waals surface area (Å²) in [6, 6.07) is 13.8. The quantitative estimate of drug-likeness (QED) is 0.717. The molecule has 66 valence electrons. The number of hydrogen-bond acceptors (Lipinski definition) is 1. The average molecular weight is 255 g/mol. The molecule has 2 aromatic carbocycles. The smallest absolute Gasteiger partial charge is 0.237 e. The summed E-state index contributed by atoms with van der Waals surface area (Å²) in [5, 5.41) is 2.29. The van der Waals surface area contributed by atoms with Gasteiger partial charge in [0.25, 0.3) is 0 Å². The van der Waals surface area contributed by atoms with E-state index in [1.54, 1.807) is 0 Å². The van der Waals surface area contributed by atoms with Crippen molar-refractivity contribution >= 4 is 35.2 Å². The van der Waals surface area contributed by atoms with Crippen molar-refractivity contribution in [3.63, 3.8) is 0 Å². The van der Waals surface area contributed by atoms with Gasteiger partial charge in [-0.15, -0.1) is 0 Å². The lowest BCUT2D eigenvalue weighted by atomic mass is 10.1. The maximum absolute atomic E-state index is 11.1. The summed E-state index contributed by atoms with van der Waals surface area (Å²) in [6.07, 6.45) is 0. The van der Waals surface area contributed by atoms with E-state index in [-0.39, 0.29) is 0 Å². The monoisotopic (exact) mass is 254 g/mol. The number of rotatable bonds is 1. The lowest BCUT2D eigenvalue weighted by Gasteiger charge is -2.01. The Balaban J connectivity index is 2.62. The minimum atomic E-state index is -1.07. The van der Waals surface area contributed by atoms with Crippen LogP contribution in [0.2, 0.25) is 0 Å². The highest BCUT2D eigenvalue weighted by Crippen LogP contribution is 2.22. The van der Waals surface area contributed by atoms with E-state index in [2.05, 4.69) is 14.8 Å². The Morgan fingerprint density at radius 1 is 1.00 bits per heavy atom. The van der Waals surface area contributed by atoms with Crippen molar-refractivity contribution in [2.75, 3.05) is 0 Å². The summed E-state index contributed by atoms with van der Waals surface area (Å²) < 4.78 is 11.1. The molecule has 0 fully saturated rings. The van der Waals surface area contributed by atoms with Gasteiger partial charge in [-0.2, -0.15) is 0 Å². The first-order valence-electron chi connectivity index (χ1n) is 3.84. The van der Waals surface area contributed by atoms with Gasteiger partial charge in [0.2, 0.25) is 14.8 Å². The Morgan fingerprint density at radius 3 is 2.38 bits per heavy atom. The van der Waals surface area contributed by atoms with E-state index in [0.29, 0.717) is 0 Å². The second-order valence-electron chi connectivity index (χ2n) is 2.73. The fourth-order valence-electron chi connectivity index (χ4n) is 1.27. The van der Waals surface area contributed by atoms with Gasteiger partial charge < -0.3 is 4.55 Å². The Labute approximate surface area is 87.1 Å². The minimum Gasteiger partial charge on any atom is -0.601 e. The Bertz CT molecular complexity index is 428. The molecule has 1 nitrogen and oxygen atoms in total. The number of benzene rings is 2. The first kappa shape index (κ1) is 9.06. The average Bonchev–Trinajstić information content (AvgIpc) is 2.17. The van der Waals surface area contributed by atoms with Gasteiger partial charge in [0.15, 0.2) is 4.90 Å². The molecule has 2 rings (SSSR count). The molecule has 0 aliphatic carbocycles. The molecule has 0 spiro atoms. The molecule has 0 aliphatic heterocycles. The molecule has 13 heavy (non-hydrogen) atoms. The standard InChI is InChI=1S/C10H7BrOS/c11-13(12)10-6-5-8-3-1-2-4-9(8)7-10/h1-7H. The molecule has 0 saturated heterocycles. The van der Waals surface area contributed by atoms with Crippen LogP contribution in [0.5, 0.6) is 0 Å². The first-order valence-corrected chi connectivity index (χ1v) is 6.83. The van der Waals surface area contributed by atoms with Crippen LogP contribution in [0.15, 0.2) is 47.4 Å². The predicted octanol–water partition coefficient (Wildman–Crippen LogP) is 3.26. The van der Waals surface area contributed by atoms with Gasteiger partial charge >= 0.3 is 0 Å². The van der Waals surface area contributed by atoms with Crippen molar-refractivity contribution in [3.05, 3.63) is 42.5 Å². The number of hydrogen-bond donors (Lipinski definition) is 0. The van der Waals surface area contributed by atoms with E-state index in [1.807, 2.05) is 42.5 Å². The van der Waals surface area contributed by atoms with Gasteiger partial charge in [0, 0.05) is 6.07 Å². The summed E-state index contributed by atoms with van der Waals surface area (Å²) in [5.74, 6) is 0. The van der Waals surface area contributed by atoms with Gasteiger partial charge in [0.1, 0.15) is 0 Å². The zero-order valence-electron chi connectivity index (χ0n) is 6.74. The first-order chi connectivity index (χ1) is 6.27. The van der Waals surface area contributed by atoms with Crippen LogP contribution in [0, 0.1) is 0 Å². The van der Waals surface area contributed by atoms with Crippen LogP contribution in [0.25, 0.3) is 10.8 Å². The van der Waals surface area contributed by atoms with Gasteiger partial charge in [-0.25, -0.2) is 0 Å². The molecule has 0 aliphatic rings. The van der Waals surface area contributed by atoms with Gasteiger partial charge in [-0.1, -0.05) is 24.3 Å². The second-order valence-corrected chi connectivity index (χ2v) is 5.42. The molecular formula is C10H7BrOS. The fourth-order valence-corrected chi connectivity index (χ4v) is 2.27. The number of fused-ring (bicyclic) bond motifs is 1. The van der Waals surface area contributed by atoms with Crippen LogP contribution in [-0.4, -0.2) is 4.55 Å². The molecule has 0 bridgehead atoms. The molecule has 0 N–H and O–H groups in total. The molecule has 0 saturated carbocycles. The Morgan fingerprint density at radius 2 is 1.69 bits per heavy atom. The molecule has 0 aromatic heterocycles. The highest BCUT2D eigenvalue weighted by Gasteiger charge is 2.06. The third kappa shape index (κ3) is 1.88. The van der Waals surface area contributed by atoms with Crippen LogP contribution in [0.4, 0.5) is 0 Å². The Kier molecular flexibility index (Phi) is 2.58. The maximum atomic E-state index is 11.1. The van der Waals surface area contributed by atoms with E-state index in [1.165, 1.54) is 5.39 Å². The molecule has 0 radical (unpaired) electrons.